The lowest BCUT2D eigenvalue weighted by molar-refractivity contribution is 0.0940. The zero-order chi connectivity index (χ0) is 19.7. The number of nitrogens with one attached hydrogen (secondary N) is 2. The lowest BCUT2D eigenvalue weighted by atomic mass is 10.1. The van der Waals surface area contributed by atoms with Gasteiger partial charge in [-0.15, -0.1) is 0 Å². The fourth-order valence-corrected chi connectivity index (χ4v) is 3.47. The maximum absolute atomic E-state index is 13.7. The highest BCUT2D eigenvalue weighted by Crippen LogP contribution is 2.25. The van der Waals surface area contributed by atoms with E-state index in [1.807, 2.05) is 30.3 Å². The summed E-state index contributed by atoms with van der Waals surface area (Å²) in [6.45, 7) is 3.12. The lowest BCUT2D eigenvalue weighted by Gasteiger charge is -2.16. The van der Waals surface area contributed by atoms with E-state index in [-0.39, 0.29) is 17.8 Å². The first-order chi connectivity index (χ1) is 13.5. The molecule has 7 heteroatoms. The highest BCUT2D eigenvalue weighted by atomic mass is 35.5. The molecule has 0 saturated carbocycles. The van der Waals surface area contributed by atoms with Gasteiger partial charge in [0.25, 0.3) is 5.91 Å². The molecule has 0 aliphatic carbocycles. The summed E-state index contributed by atoms with van der Waals surface area (Å²) in [7, 11) is 0. The van der Waals surface area contributed by atoms with Crippen LogP contribution in [-0.2, 0) is 0 Å². The summed E-state index contributed by atoms with van der Waals surface area (Å²) in [6.07, 6.45) is 0.809. The van der Waals surface area contributed by atoms with Crippen LogP contribution in [0.2, 0.25) is 5.02 Å². The number of anilines is 1. The van der Waals surface area contributed by atoms with Crippen LogP contribution in [0, 0.1) is 12.7 Å². The molecule has 1 unspecified atom stereocenters. The number of halogens is 2. The van der Waals surface area contributed by atoms with Gasteiger partial charge >= 0.3 is 0 Å². The Morgan fingerprint density at radius 3 is 2.79 bits per heavy atom. The molecule has 2 N–H and O–H groups in total. The van der Waals surface area contributed by atoms with Gasteiger partial charge in [-0.05, 0) is 48.7 Å². The molecule has 1 aliphatic heterocycles. The van der Waals surface area contributed by atoms with E-state index in [0.29, 0.717) is 22.7 Å². The second-order valence-corrected chi connectivity index (χ2v) is 7.45. The van der Waals surface area contributed by atoms with E-state index in [0.717, 1.165) is 30.0 Å². The molecule has 1 amide bonds. The van der Waals surface area contributed by atoms with Crippen LogP contribution in [0.5, 0.6) is 0 Å². The Morgan fingerprint density at radius 2 is 2.04 bits per heavy atom. The Balaban J connectivity index is 1.39. The number of carbonyl (C=O) groups excluding carboxylic acids is 1. The summed E-state index contributed by atoms with van der Waals surface area (Å²) in [5.74, 6) is 0.213. The van der Waals surface area contributed by atoms with Crippen LogP contribution in [0.4, 0.5) is 10.2 Å². The van der Waals surface area contributed by atoms with Gasteiger partial charge in [-0.3, -0.25) is 9.89 Å². The van der Waals surface area contributed by atoms with Crippen molar-refractivity contribution in [3.05, 3.63) is 70.5 Å². The highest BCUT2D eigenvalue weighted by Gasteiger charge is 2.26. The average Bonchev–Trinajstić information content (AvgIpc) is 3.34. The largest absolute Gasteiger partial charge is 0.353 e. The standard InChI is InChI=1S/C21H20ClFN4O/c1-13-2-3-15(10-18(13)23)21(28)24-17-8-9-27(12-17)20-11-19(25-26-20)14-4-6-16(22)7-5-14/h2-7,10-11,17H,8-9,12H2,1H3,(H,24,28)(H,25,26). The second-order valence-electron chi connectivity index (χ2n) is 7.02. The normalized spacial score (nSPS) is 16.4. The minimum absolute atomic E-state index is 0.00690. The molecule has 0 bridgehead atoms. The van der Waals surface area contributed by atoms with Crippen LogP contribution in [0.25, 0.3) is 11.3 Å². The number of hydrogen-bond acceptors (Lipinski definition) is 3. The molecule has 2 heterocycles. The van der Waals surface area contributed by atoms with Crippen molar-refractivity contribution in [2.24, 2.45) is 0 Å². The van der Waals surface area contributed by atoms with Crippen molar-refractivity contribution >= 4 is 23.3 Å². The first-order valence-electron chi connectivity index (χ1n) is 9.13. The predicted octanol–water partition coefficient (Wildman–Crippen LogP) is 4.19. The Hall–Kier alpha value is -2.86. The zero-order valence-electron chi connectivity index (χ0n) is 15.4. The van der Waals surface area contributed by atoms with Crippen molar-refractivity contribution in [3.63, 3.8) is 0 Å². The first kappa shape index (κ1) is 18.5. The van der Waals surface area contributed by atoms with Gasteiger partial charge in [0.1, 0.15) is 5.82 Å². The van der Waals surface area contributed by atoms with Gasteiger partial charge in [-0.2, -0.15) is 5.10 Å². The molecule has 1 saturated heterocycles. The molecule has 1 atom stereocenters. The van der Waals surface area contributed by atoms with Crippen molar-refractivity contribution < 1.29 is 9.18 Å². The third-order valence-corrected chi connectivity index (χ3v) is 5.25. The highest BCUT2D eigenvalue weighted by molar-refractivity contribution is 6.30. The lowest BCUT2D eigenvalue weighted by Crippen LogP contribution is -2.37. The van der Waals surface area contributed by atoms with Gasteiger partial charge in [0, 0.05) is 35.8 Å². The molecule has 1 aliphatic rings. The zero-order valence-corrected chi connectivity index (χ0v) is 16.1. The molecule has 3 aromatic rings. The maximum Gasteiger partial charge on any atom is 0.251 e. The molecular weight excluding hydrogens is 379 g/mol. The number of aromatic amines is 1. The Morgan fingerprint density at radius 1 is 1.25 bits per heavy atom. The number of rotatable bonds is 4. The summed E-state index contributed by atoms with van der Waals surface area (Å²) < 4.78 is 13.7. The van der Waals surface area contributed by atoms with Crippen LogP contribution in [0.1, 0.15) is 22.3 Å². The van der Waals surface area contributed by atoms with E-state index in [1.165, 1.54) is 6.07 Å². The van der Waals surface area contributed by atoms with Gasteiger partial charge in [0.15, 0.2) is 5.82 Å². The third-order valence-electron chi connectivity index (χ3n) is 5.00. The second kappa shape index (κ2) is 7.64. The van der Waals surface area contributed by atoms with E-state index in [1.54, 1.807) is 19.1 Å². The summed E-state index contributed by atoms with van der Waals surface area (Å²) in [5.41, 5.74) is 2.79. The fourth-order valence-electron chi connectivity index (χ4n) is 3.34. The number of nitrogens with zero attached hydrogens (tertiary/aromatic N) is 2. The minimum atomic E-state index is -0.369. The number of benzene rings is 2. The van der Waals surface area contributed by atoms with Crippen molar-refractivity contribution in [3.8, 4) is 11.3 Å². The van der Waals surface area contributed by atoms with Crippen LogP contribution in [-0.4, -0.2) is 35.2 Å². The molecule has 5 nitrogen and oxygen atoms in total. The van der Waals surface area contributed by atoms with E-state index >= 15 is 0 Å². The Kier molecular flexibility index (Phi) is 5.05. The molecule has 4 rings (SSSR count). The Bertz CT molecular complexity index is 1000. The van der Waals surface area contributed by atoms with Crippen molar-refractivity contribution in [2.45, 2.75) is 19.4 Å². The fraction of sp³-hybridized carbons (Fsp3) is 0.238. The van der Waals surface area contributed by atoms with Gasteiger partial charge in [-0.1, -0.05) is 29.8 Å². The SMILES string of the molecule is Cc1ccc(C(=O)NC2CCN(c3cc(-c4ccc(Cl)cc4)[nH]n3)C2)cc1F. The van der Waals surface area contributed by atoms with Gasteiger partial charge < -0.3 is 10.2 Å². The molecule has 2 aromatic carbocycles. The summed E-state index contributed by atoms with van der Waals surface area (Å²) in [5, 5.41) is 11.1. The number of aromatic nitrogens is 2. The molecule has 28 heavy (non-hydrogen) atoms. The van der Waals surface area contributed by atoms with Crippen LogP contribution in [0.3, 0.4) is 0 Å². The molecule has 1 fully saturated rings. The molecular formula is C21H20ClFN4O. The summed E-state index contributed by atoms with van der Waals surface area (Å²) in [4.78, 5) is 14.5. The van der Waals surface area contributed by atoms with E-state index in [2.05, 4.69) is 20.4 Å². The van der Waals surface area contributed by atoms with Crippen molar-refractivity contribution in [1.29, 1.82) is 0 Å². The minimum Gasteiger partial charge on any atom is -0.353 e. The monoisotopic (exact) mass is 398 g/mol. The van der Waals surface area contributed by atoms with Crippen LogP contribution in [0.15, 0.2) is 48.5 Å². The predicted molar refractivity (Wildman–Crippen MR) is 108 cm³/mol. The average molecular weight is 399 g/mol. The molecule has 0 spiro atoms. The first-order valence-corrected chi connectivity index (χ1v) is 9.51. The van der Waals surface area contributed by atoms with E-state index in [4.69, 9.17) is 11.6 Å². The number of amides is 1. The van der Waals surface area contributed by atoms with Crippen LogP contribution < -0.4 is 10.2 Å². The van der Waals surface area contributed by atoms with E-state index in [9.17, 15) is 9.18 Å². The van der Waals surface area contributed by atoms with Gasteiger partial charge in [-0.25, -0.2) is 4.39 Å². The quantitative estimate of drug-likeness (QED) is 0.692. The Labute approximate surface area is 167 Å². The summed E-state index contributed by atoms with van der Waals surface area (Å²) >= 11 is 5.94. The maximum atomic E-state index is 13.7. The van der Waals surface area contributed by atoms with Crippen molar-refractivity contribution in [1.82, 2.24) is 15.5 Å². The number of H-pyrrole nitrogens is 1. The van der Waals surface area contributed by atoms with Crippen molar-refractivity contribution in [2.75, 3.05) is 18.0 Å². The third kappa shape index (κ3) is 3.87. The summed E-state index contributed by atoms with van der Waals surface area (Å²) in [6, 6.07) is 14.1. The topological polar surface area (TPSA) is 61.0 Å². The van der Waals surface area contributed by atoms with Gasteiger partial charge in [0.2, 0.25) is 0 Å². The smallest absolute Gasteiger partial charge is 0.251 e. The molecule has 1 aromatic heterocycles. The van der Waals surface area contributed by atoms with E-state index < -0.39 is 0 Å². The molecule has 0 radical (unpaired) electrons. The van der Waals surface area contributed by atoms with Crippen LogP contribution >= 0.6 is 11.6 Å². The van der Waals surface area contributed by atoms with Gasteiger partial charge in [0.05, 0.1) is 5.69 Å². The number of aryl methyl sites for hydroxylation is 1. The molecule has 144 valence electrons. The number of hydrogen-bond donors (Lipinski definition) is 2. The number of carbonyl (C=O) groups is 1.